The van der Waals surface area contributed by atoms with Crippen LogP contribution in [0.4, 0.5) is 0 Å². The number of esters is 1. The number of carbonyl (C=O) groups is 1. The Balaban J connectivity index is 2.69. The lowest BCUT2D eigenvalue weighted by Gasteiger charge is -2.39. The molecule has 2 unspecified atom stereocenters. The van der Waals surface area contributed by atoms with Gasteiger partial charge in [0.05, 0.1) is 13.2 Å². The van der Waals surface area contributed by atoms with Crippen LogP contribution in [-0.4, -0.2) is 47.8 Å². The third-order valence-corrected chi connectivity index (χ3v) is 3.24. The Bertz CT molecular complexity index is 218. The number of carbonyl (C=O) groups excluding carboxylic acids is 1. The predicted octanol–water partition coefficient (Wildman–Crippen LogP) is 0.783. The molecule has 1 heterocycles. The van der Waals surface area contributed by atoms with E-state index in [4.69, 9.17) is 4.74 Å². The number of likely N-dealkylation sites (tertiary alicyclic amines) is 1. The fraction of sp³-hybridized carbons (Fsp3) is 0.909. The van der Waals surface area contributed by atoms with E-state index < -0.39 is 6.10 Å². The molecule has 4 heteroatoms. The molecule has 0 amide bonds. The molecule has 1 fully saturated rings. The third-order valence-electron chi connectivity index (χ3n) is 3.24. The Hall–Kier alpha value is -0.610. The van der Waals surface area contributed by atoms with E-state index in [1.807, 2.05) is 6.92 Å². The molecule has 1 saturated heterocycles. The first kappa shape index (κ1) is 12.5. The normalized spacial score (nSPS) is 27.1. The summed E-state index contributed by atoms with van der Waals surface area (Å²) in [4.78, 5) is 13.6. The number of rotatable bonds is 3. The number of hydrogen-bond acceptors (Lipinski definition) is 4. The van der Waals surface area contributed by atoms with Crippen molar-refractivity contribution in [1.82, 2.24) is 4.90 Å². The van der Waals surface area contributed by atoms with Gasteiger partial charge in [-0.25, -0.2) is 0 Å². The summed E-state index contributed by atoms with van der Waals surface area (Å²) >= 11 is 0. The summed E-state index contributed by atoms with van der Waals surface area (Å²) in [7, 11) is 1.42. The largest absolute Gasteiger partial charge is 0.468 e. The van der Waals surface area contributed by atoms with Crippen molar-refractivity contribution >= 4 is 5.97 Å². The maximum atomic E-state index is 11.6. The number of hydrogen-bond donors (Lipinski definition) is 1. The Kier molecular flexibility index (Phi) is 4.54. The molecule has 1 N–H and O–H groups in total. The number of aliphatic hydroxyl groups excluding tert-OH is 1. The fourth-order valence-electron chi connectivity index (χ4n) is 2.11. The van der Waals surface area contributed by atoms with Crippen LogP contribution in [0.1, 0.15) is 33.1 Å². The second-order valence-corrected chi connectivity index (χ2v) is 4.25. The molecule has 3 atom stereocenters. The molecule has 0 spiro atoms. The van der Waals surface area contributed by atoms with E-state index in [-0.39, 0.29) is 18.1 Å². The zero-order valence-corrected chi connectivity index (χ0v) is 9.77. The Labute approximate surface area is 91.2 Å². The molecular weight excluding hydrogens is 194 g/mol. The molecule has 0 saturated carbocycles. The average Bonchev–Trinajstić information content (AvgIpc) is 2.27. The maximum Gasteiger partial charge on any atom is 0.323 e. The van der Waals surface area contributed by atoms with E-state index in [2.05, 4.69) is 4.90 Å². The van der Waals surface area contributed by atoms with Crippen molar-refractivity contribution in [2.24, 2.45) is 0 Å². The highest BCUT2D eigenvalue weighted by atomic mass is 16.5. The van der Waals surface area contributed by atoms with Crippen LogP contribution in [0.2, 0.25) is 0 Å². The first-order valence-corrected chi connectivity index (χ1v) is 5.59. The summed E-state index contributed by atoms with van der Waals surface area (Å²) in [5.41, 5.74) is 0. The molecule has 0 aromatic carbocycles. The average molecular weight is 215 g/mol. The summed E-state index contributed by atoms with van der Waals surface area (Å²) in [5, 5.41) is 9.55. The number of piperidine rings is 1. The lowest BCUT2D eigenvalue weighted by atomic mass is 9.98. The van der Waals surface area contributed by atoms with E-state index in [9.17, 15) is 9.90 Å². The van der Waals surface area contributed by atoms with Crippen molar-refractivity contribution in [2.75, 3.05) is 13.7 Å². The molecular formula is C11H21NO3. The van der Waals surface area contributed by atoms with Gasteiger partial charge in [0.15, 0.2) is 0 Å². The smallest absolute Gasteiger partial charge is 0.323 e. The molecule has 1 aliphatic rings. The molecule has 0 aromatic rings. The topological polar surface area (TPSA) is 49.8 Å². The number of ether oxygens (including phenoxy) is 1. The standard InChI is InChI=1S/C11H21NO3/c1-8(9(2)13)12-7-5-4-6-10(12)11(14)15-3/h8-10,13H,4-7H2,1-3H3/t8?,9?,10-/m1/s1. The van der Waals surface area contributed by atoms with Gasteiger partial charge >= 0.3 is 5.97 Å². The minimum atomic E-state index is -0.421. The highest BCUT2D eigenvalue weighted by Gasteiger charge is 2.33. The molecule has 1 aliphatic heterocycles. The number of methoxy groups -OCH3 is 1. The van der Waals surface area contributed by atoms with E-state index >= 15 is 0 Å². The summed E-state index contributed by atoms with van der Waals surface area (Å²) < 4.78 is 4.79. The van der Waals surface area contributed by atoms with Crippen molar-refractivity contribution in [3.05, 3.63) is 0 Å². The summed E-state index contributed by atoms with van der Waals surface area (Å²) in [6.07, 6.45) is 2.56. The van der Waals surface area contributed by atoms with Crippen LogP contribution in [-0.2, 0) is 9.53 Å². The van der Waals surface area contributed by atoms with Crippen molar-refractivity contribution in [3.8, 4) is 0 Å². The van der Waals surface area contributed by atoms with Crippen molar-refractivity contribution in [1.29, 1.82) is 0 Å². The third kappa shape index (κ3) is 2.92. The lowest BCUT2D eigenvalue weighted by molar-refractivity contribution is -0.150. The van der Waals surface area contributed by atoms with Gasteiger partial charge in [-0.3, -0.25) is 9.69 Å². The van der Waals surface area contributed by atoms with E-state index in [0.717, 1.165) is 25.8 Å². The van der Waals surface area contributed by atoms with E-state index in [0.29, 0.717) is 0 Å². The zero-order valence-electron chi connectivity index (χ0n) is 9.77. The summed E-state index contributed by atoms with van der Waals surface area (Å²) in [6, 6.07) is -0.164. The molecule has 0 aliphatic carbocycles. The minimum absolute atomic E-state index is 0.00870. The number of nitrogens with zero attached hydrogens (tertiary/aromatic N) is 1. The van der Waals surface area contributed by atoms with Crippen molar-refractivity contribution in [3.63, 3.8) is 0 Å². The van der Waals surface area contributed by atoms with E-state index in [1.165, 1.54) is 7.11 Å². The summed E-state index contributed by atoms with van der Waals surface area (Å²) in [6.45, 7) is 4.57. The lowest BCUT2D eigenvalue weighted by Crippen LogP contribution is -2.52. The predicted molar refractivity (Wildman–Crippen MR) is 57.5 cm³/mol. The van der Waals surface area contributed by atoms with Crippen LogP contribution in [0.25, 0.3) is 0 Å². The van der Waals surface area contributed by atoms with Crippen LogP contribution in [0.5, 0.6) is 0 Å². The molecule has 0 aromatic heterocycles. The van der Waals surface area contributed by atoms with Gasteiger partial charge < -0.3 is 9.84 Å². The van der Waals surface area contributed by atoms with E-state index in [1.54, 1.807) is 6.92 Å². The second-order valence-electron chi connectivity index (χ2n) is 4.25. The van der Waals surface area contributed by atoms with Crippen LogP contribution in [0, 0.1) is 0 Å². The van der Waals surface area contributed by atoms with Crippen LogP contribution in [0.3, 0.4) is 0 Å². The van der Waals surface area contributed by atoms with Gasteiger partial charge in [0, 0.05) is 6.04 Å². The van der Waals surface area contributed by atoms with Crippen molar-refractivity contribution < 1.29 is 14.6 Å². The molecule has 88 valence electrons. The Morgan fingerprint density at radius 2 is 2.13 bits per heavy atom. The Morgan fingerprint density at radius 1 is 1.47 bits per heavy atom. The highest BCUT2D eigenvalue weighted by molar-refractivity contribution is 5.75. The van der Waals surface area contributed by atoms with Gasteiger partial charge in [-0.2, -0.15) is 0 Å². The first-order chi connectivity index (χ1) is 7.07. The van der Waals surface area contributed by atoms with Crippen LogP contribution in [0.15, 0.2) is 0 Å². The minimum Gasteiger partial charge on any atom is -0.468 e. The van der Waals surface area contributed by atoms with Gasteiger partial charge in [-0.15, -0.1) is 0 Å². The van der Waals surface area contributed by atoms with Gasteiger partial charge in [-0.1, -0.05) is 6.42 Å². The molecule has 1 rings (SSSR count). The van der Waals surface area contributed by atoms with Crippen LogP contribution >= 0.6 is 0 Å². The maximum absolute atomic E-state index is 11.6. The van der Waals surface area contributed by atoms with Gasteiger partial charge in [0.1, 0.15) is 6.04 Å². The van der Waals surface area contributed by atoms with Crippen LogP contribution < -0.4 is 0 Å². The zero-order chi connectivity index (χ0) is 11.4. The SMILES string of the molecule is COC(=O)[C@H]1CCCCN1C(C)C(C)O. The molecule has 15 heavy (non-hydrogen) atoms. The van der Waals surface area contributed by atoms with Gasteiger partial charge in [-0.05, 0) is 33.2 Å². The van der Waals surface area contributed by atoms with Crippen molar-refractivity contribution in [2.45, 2.75) is 51.3 Å². The Morgan fingerprint density at radius 3 is 2.67 bits per heavy atom. The van der Waals surface area contributed by atoms with Gasteiger partial charge in [0.25, 0.3) is 0 Å². The second kappa shape index (κ2) is 5.47. The fourth-order valence-corrected chi connectivity index (χ4v) is 2.11. The first-order valence-electron chi connectivity index (χ1n) is 5.59. The quantitative estimate of drug-likeness (QED) is 0.707. The molecule has 4 nitrogen and oxygen atoms in total. The highest BCUT2D eigenvalue weighted by Crippen LogP contribution is 2.21. The van der Waals surface area contributed by atoms with Gasteiger partial charge in [0.2, 0.25) is 0 Å². The number of aliphatic hydroxyl groups is 1. The molecule has 0 radical (unpaired) electrons. The monoisotopic (exact) mass is 215 g/mol. The molecule has 0 bridgehead atoms. The summed E-state index contributed by atoms with van der Waals surface area (Å²) in [5.74, 6) is -0.179.